The molecule has 1 unspecified atom stereocenters. The van der Waals surface area contributed by atoms with Gasteiger partial charge in [-0.1, -0.05) is 18.5 Å². The normalized spacial score (nSPS) is 12.0. The van der Waals surface area contributed by atoms with E-state index in [0.717, 1.165) is 11.4 Å². The van der Waals surface area contributed by atoms with Crippen molar-refractivity contribution in [1.29, 1.82) is 0 Å². The Hall–Kier alpha value is -2.01. The molecule has 0 bridgehead atoms. The lowest BCUT2D eigenvalue weighted by atomic mass is 10.1. The first-order valence-electron chi connectivity index (χ1n) is 6.80. The molecule has 1 aromatic carbocycles. The molecule has 5 nitrogen and oxygen atoms in total. The van der Waals surface area contributed by atoms with Gasteiger partial charge >= 0.3 is 0 Å². The molecule has 0 spiro atoms. The van der Waals surface area contributed by atoms with Crippen molar-refractivity contribution >= 4 is 23.2 Å². The SMILES string of the molecule is CCOc1ccc(NC(=O)C(C)Cn2cc(Cl)cn2)cc1. The van der Waals surface area contributed by atoms with Crippen LogP contribution in [0.3, 0.4) is 0 Å². The summed E-state index contributed by atoms with van der Waals surface area (Å²) >= 11 is 5.80. The summed E-state index contributed by atoms with van der Waals surface area (Å²) in [4.78, 5) is 12.1. The number of halogens is 1. The van der Waals surface area contributed by atoms with E-state index in [0.29, 0.717) is 18.2 Å². The van der Waals surface area contributed by atoms with E-state index < -0.39 is 0 Å². The minimum atomic E-state index is -0.215. The average Bonchev–Trinajstić information content (AvgIpc) is 2.86. The van der Waals surface area contributed by atoms with Crippen molar-refractivity contribution in [3.63, 3.8) is 0 Å². The second kappa shape index (κ2) is 7.13. The third kappa shape index (κ3) is 4.49. The Bertz CT molecular complexity index is 595. The predicted octanol–water partition coefficient (Wildman–Crippen LogP) is 3.21. The molecular formula is C15H18ClN3O2. The first-order chi connectivity index (χ1) is 10.1. The van der Waals surface area contributed by atoms with Gasteiger partial charge in [0.2, 0.25) is 5.91 Å². The maximum absolute atomic E-state index is 12.1. The smallest absolute Gasteiger partial charge is 0.229 e. The molecule has 0 aliphatic carbocycles. The van der Waals surface area contributed by atoms with Gasteiger partial charge in [-0.25, -0.2) is 0 Å². The van der Waals surface area contributed by atoms with Crippen LogP contribution in [-0.4, -0.2) is 22.3 Å². The largest absolute Gasteiger partial charge is 0.494 e. The Morgan fingerprint density at radius 1 is 1.43 bits per heavy atom. The lowest BCUT2D eigenvalue weighted by Gasteiger charge is -2.12. The predicted molar refractivity (Wildman–Crippen MR) is 82.6 cm³/mol. The fraction of sp³-hybridized carbons (Fsp3) is 0.333. The lowest BCUT2D eigenvalue weighted by Crippen LogP contribution is -2.24. The highest BCUT2D eigenvalue weighted by atomic mass is 35.5. The van der Waals surface area contributed by atoms with Gasteiger partial charge in [0.05, 0.1) is 30.3 Å². The number of nitrogens with zero attached hydrogens (tertiary/aromatic N) is 2. The molecule has 112 valence electrons. The standard InChI is InChI=1S/C15H18ClN3O2/c1-3-21-14-6-4-13(5-7-14)18-15(20)11(2)9-19-10-12(16)8-17-19/h4-8,10-11H,3,9H2,1-2H3,(H,18,20). The summed E-state index contributed by atoms with van der Waals surface area (Å²) in [5.74, 6) is 0.507. The number of rotatable bonds is 6. The number of nitrogens with one attached hydrogen (secondary N) is 1. The van der Waals surface area contributed by atoms with Gasteiger partial charge < -0.3 is 10.1 Å². The molecule has 1 atom stereocenters. The molecule has 0 saturated carbocycles. The molecule has 2 aromatic rings. The average molecular weight is 308 g/mol. The summed E-state index contributed by atoms with van der Waals surface area (Å²) in [6.45, 7) is 4.88. The number of aromatic nitrogens is 2. The first-order valence-corrected chi connectivity index (χ1v) is 7.18. The van der Waals surface area contributed by atoms with Gasteiger partial charge in [0.25, 0.3) is 0 Å². The molecule has 21 heavy (non-hydrogen) atoms. The van der Waals surface area contributed by atoms with Crippen LogP contribution in [0.4, 0.5) is 5.69 Å². The summed E-state index contributed by atoms with van der Waals surface area (Å²) in [5.41, 5.74) is 0.744. The zero-order valence-corrected chi connectivity index (χ0v) is 12.8. The Kier molecular flexibility index (Phi) is 5.22. The molecule has 1 amide bonds. The van der Waals surface area contributed by atoms with Gasteiger partial charge in [-0.15, -0.1) is 0 Å². The third-order valence-electron chi connectivity index (χ3n) is 2.94. The van der Waals surface area contributed by atoms with Crippen LogP contribution < -0.4 is 10.1 Å². The molecule has 0 saturated heterocycles. The van der Waals surface area contributed by atoms with E-state index in [9.17, 15) is 4.79 Å². The molecule has 0 aliphatic heterocycles. The van der Waals surface area contributed by atoms with E-state index in [-0.39, 0.29) is 11.8 Å². The minimum absolute atomic E-state index is 0.0641. The van der Waals surface area contributed by atoms with Crippen molar-refractivity contribution < 1.29 is 9.53 Å². The molecule has 1 N–H and O–H groups in total. The van der Waals surface area contributed by atoms with Crippen molar-refractivity contribution in [3.8, 4) is 5.75 Å². The molecule has 1 heterocycles. The number of ether oxygens (including phenoxy) is 1. The number of benzene rings is 1. The van der Waals surface area contributed by atoms with Crippen molar-refractivity contribution in [2.45, 2.75) is 20.4 Å². The minimum Gasteiger partial charge on any atom is -0.494 e. The summed E-state index contributed by atoms with van der Waals surface area (Å²) in [5, 5.41) is 7.50. The van der Waals surface area contributed by atoms with E-state index in [4.69, 9.17) is 16.3 Å². The van der Waals surface area contributed by atoms with Crippen molar-refractivity contribution in [2.24, 2.45) is 5.92 Å². The zero-order chi connectivity index (χ0) is 15.2. The van der Waals surface area contributed by atoms with Crippen LogP contribution in [0.2, 0.25) is 5.02 Å². The van der Waals surface area contributed by atoms with Gasteiger partial charge in [-0.3, -0.25) is 9.48 Å². The second-order valence-corrected chi connectivity index (χ2v) is 5.16. The molecule has 1 aromatic heterocycles. The number of hydrogen-bond acceptors (Lipinski definition) is 3. The van der Waals surface area contributed by atoms with Gasteiger partial charge in [0, 0.05) is 11.9 Å². The Balaban J connectivity index is 1.90. The molecule has 2 rings (SSSR count). The van der Waals surface area contributed by atoms with Crippen LogP contribution in [0, 0.1) is 5.92 Å². The molecular weight excluding hydrogens is 290 g/mol. The fourth-order valence-corrected chi connectivity index (χ4v) is 2.02. The van der Waals surface area contributed by atoms with Gasteiger partial charge in [-0.05, 0) is 31.2 Å². The van der Waals surface area contributed by atoms with E-state index >= 15 is 0 Å². The van der Waals surface area contributed by atoms with Crippen LogP contribution in [0.5, 0.6) is 5.75 Å². The van der Waals surface area contributed by atoms with Crippen molar-refractivity contribution in [1.82, 2.24) is 9.78 Å². The summed E-state index contributed by atoms with van der Waals surface area (Å²) in [6, 6.07) is 7.30. The number of carbonyl (C=O) groups excluding carboxylic acids is 1. The summed E-state index contributed by atoms with van der Waals surface area (Å²) in [7, 11) is 0. The summed E-state index contributed by atoms with van der Waals surface area (Å²) in [6.07, 6.45) is 3.25. The highest BCUT2D eigenvalue weighted by Crippen LogP contribution is 2.16. The maximum atomic E-state index is 12.1. The Morgan fingerprint density at radius 3 is 2.71 bits per heavy atom. The van der Waals surface area contributed by atoms with E-state index in [2.05, 4.69) is 10.4 Å². The van der Waals surface area contributed by atoms with Crippen LogP contribution in [0.25, 0.3) is 0 Å². The molecule has 0 aliphatic rings. The molecule has 0 fully saturated rings. The van der Waals surface area contributed by atoms with Gasteiger partial charge in [-0.2, -0.15) is 5.10 Å². The highest BCUT2D eigenvalue weighted by Gasteiger charge is 2.14. The van der Waals surface area contributed by atoms with Crippen molar-refractivity contribution in [2.75, 3.05) is 11.9 Å². The number of carbonyl (C=O) groups is 1. The summed E-state index contributed by atoms with van der Waals surface area (Å²) < 4.78 is 7.02. The van der Waals surface area contributed by atoms with Crippen LogP contribution >= 0.6 is 11.6 Å². The number of amides is 1. The monoisotopic (exact) mass is 307 g/mol. The number of anilines is 1. The maximum Gasteiger partial charge on any atom is 0.229 e. The third-order valence-corrected chi connectivity index (χ3v) is 3.14. The van der Waals surface area contributed by atoms with Gasteiger partial charge in [0.15, 0.2) is 0 Å². The van der Waals surface area contributed by atoms with Gasteiger partial charge in [0.1, 0.15) is 5.75 Å². The van der Waals surface area contributed by atoms with Crippen LogP contribution in [-0.2, 0) is 11.3 Å². The second-order valence-electron chi connectivity index (χ2n) is 4.73. The van der Waals surface area contributed by atoms with Crippen LogP contribution in [0.15, 0.2) is 36.7 Å². The van der Waals surface area contributed by atoms with E-state index in [1.165, 1.54) is 0 Å². The zero-order valence-electron chi connectivity index (χ0n) is 12.0. The van der Waals surface area contributed by atoms with Crippen molar-refractivity contribution in [3.05, 3.63) is 41.7 Å². The fourth-order valence-electron chi connectivity index (χ4n) is 1.87. The lowest BCUT2D eigenvalue weighted by molar-refractivity contribution is -0.119. The van der Waals surface area contributed by atoms with E-state index in [1.54, 1.807) is 17.1 Å². The van der Waals surface area contributed by atoms with Crippen LogP contribution in [0.1, 0.15) is 13.8 Å². The Labute approximate surface area is 128 Å². The topological polar surface area (TPSA) is 56.1 Å². The highest BCUT2D eigenvalue weighted by molar-refractivity contribution is 6.30. The number of hydrogen-bond donors (Lipinski definition) is 1. The molecule has 0 radical (unpaired) electrons. The first kappa shape index (κ1) is 15.4. The Morgan fingerprint density at radius 2 is 2.14 bits per heavy atom. The molecule has 6 heteroatoms. The quantitative estimate of drug-likeness (QED) is 0.891. The van der Waals surface area contributed by atoms with E-state index in [1.807, 2.05) is 38.1 Å².